The van der Waals surface area contributed by atoms with E-state index in [2.05, 4.69) is 10.4 Å². The van der Waals surface area contributed by atoms with Crippen LogP contribution in [-0.4, -0.2) is 51.4 Å². The molecule has 2 N–H and O–H groups in total. The Labute approximate surface area is 114 Å². The van der Waals surface area contributed by atoms with E-state index < -0.39 is 0 Å². The Bertz CT molecular complexity index is 401. The van der Waals surface area contributed by atoms with Crippen LogP contribution < -0.4 is 5.32 Å². The van der Waals surface area contributed by atoms with E-state index >= 15 is 0 Å². The third-order valence-electron chi connectivity index (χ3n) is 2.89. The lowest BCUT2D eigenvalue weighted by Crippen LogP contribution is -2.40. The maximum absolute atomic E-state index is 12.0. The Hall–Kier alpha value is -1.40. The molecule has 0 bridgehead atoms. The summed E-state index contributed by atoms with van der Waals surface area (Å²) in [5, 5.41) is 16.0. The Balaban J connectivity index is 2.61. The number of amides is 1. The summed E-state index contributed by atoms with van der Waals surface area (Å²) in [7, 11) is 0. The van der Waals surface area contributed by atoms with Crippen LogP contribution in [0.4, 0.5) is 5.82 Å². The predicted octanol–water partition coefficient (Wildman–Crippen LogP) is 1.11. The first-order valence-electron chi connectivity index (χ1n) is 6.64. The van der Waals surface area contributed by atoms with Crippen molar-refractivity contribution in [1.29, 1.82) is 0 Å². The molecule has 1 aromatic rings. The van der Waals surface area contributed by atoms with Gasteiger partial charge in [-0.05, 0) is 27.7 Å². The van der Waals surface area contributed by atoms with Gasteiger partial charge >= 0.3 is 0 Å². The lowest BCUT2D eigenvalue weighted by molar-refractivity contribution is -0.117. The van der Waals surface area contributed by atoms with Crippen LogP contribution in [0.25, 0.3) is 0 Å². The SMILES string of the molecule is CC(C)N(CCO)CC(=O)Nc1ccnn1C(C)C. The van der Waals surface area contributed by atoms with Crippen LogP contribution in [-0.2, 0) is 4.79 Å². The van der Waals surface area contributed by atoms with Crippen molar-refractivity contribution in [2.45, 2.75) is 39.8 Å². The van der Waals surface area contributed by atoms with E-state index in [1.165, 1.54) is 0 Å². The van der Waals surface area contributed by atoms with Gasteiger partial charge in [-0.2, -0.15) is 5.10 Å². The minimum atomic E-state index is -0.0930. The zero-order chi connectivity index (χ0) is 14.4. The first kappa shape index (κ1) is 15.7. The molecule has 0 spiro atoms. The summed E-state index contributed by atoms with van der Waals surface area (Å²) in [5.41, 5.74) is 0. The molecule has 0 unspecified atom stereocenters. The molecular formula is C13H24N4O2. The minimum Gasteiger partial charge on any atom is -0.395 e. The number of rotatable bonds is 7. The highest BCUT2D eigenvalue weighted by Gasteiger charge is 2.15. The molecule has 0 fully saturated rings. The summed E-state index contributed by atoms with van der Waals surface area (Å²) in [6.45, 7) is 8.83. The quantitative estimate of drug-likeness (QED) is 0.777. The van der Waals surface area contributed by atoms with E-state index in [1.807, 2.05) is 32.6 Å². The number of hydrogen-bond donors (Lipinski definition) is 2. The van der Waals surface area contributed by atoms with Crippen molar-refractivity contribution in [2.24, 2.45) is 0 Å². The standard InChI is InChI=1S/C13H24N4O2/c1-10(2)16(7-8-18)9-13(19)15-12-5-6-14-17(12)11(3)4/h5-6,10-11,18H,7-9H2,1-4H3,(H,15,19). The molecule has 6 heteroatoms. The van der Waals surface area contributed by atoms with Crippen LogP contribution >= 0.6 is 0 Å². The van der Waals surface area contributed by atoms with E-state index in [-0.39, 0.29) is 31.1 Å². The van der Waals surface area contributed by atoms with E-state index in [0.29, 0.717) is 12.4 Å². The van der Waals surface area contributed by atoms with Crippen molar-refractivity contribution in [1.82, 2.24) is 14.7 Å². The fraction of sp³-hybridized carbons (Fsp3) is 0.692. The molecule has 19 heavy (non-hydrogen) atoms. The molecule has 1 amide bonds. The summed E-state index contributed by atoms with van der Waals surface area (Å²) >= 11 is 0. The molecule has 1 heterocycles. The lowest BCUT2D eigenvalue weighted by Gasteiger charge is -2.24. The normalized spacial score (nSPS) is 11.6. The average molecular weight is 268 g/mol. The highest BCUT2D eigenvalue weighted by molar-refractivity contribution is 5.91. The maximum Gasteiger partial charge on any atom is 0.239 e. The highest BCUT2D eigenvalue weighted by Crippen LogP contribution is 2.13. The molecule has 0 aliphatic carbocycles. The number of carbonyl (C=O) groups is 1. The number of aliphatic hydroxyl groups excluding tert-OH is 1. The number of nitrogens with zero attached hydrogens (tertiary/aromatic N) is 3. The van der Waals surface area contributed by atoms with Gasteiger partial charge in [0.15, 0.2) is 0 Å². The number of aliphatic hydroxyl groups is 1. The van der Waals surface area contributed by atoms with Gasteiger partial charge in [-0.3, -0.25) is 9.69 Å². The molecule has 0 aliphatic rings. The fourth-order valence-corrected chi connectivity index (χ4v) is 1.84. The minimum absolute atomic E-state index is 0.0510. The third-order valence-corrected chi connectivity index (χ3v) is 2.89. The van der Waals surface area contributed by atoms with Crippen LogP contribution in [0.15, 0.2) is 12.3 Å². The summed E-state index contributed by atoms with van der Waals surface area (Å²) in [6, 6.07) is 2.20. The van der Waals surface area contributed by atoms with Crippen molar-refractivity contribution in [3.05, 3.63) is 12.3 Å². The molecule has 0 saturated heterocycles. The van der Waals surface area contributed by atoms with Gasteiger partial charge in [0, 0.05) is 24.7 Å². The molecule has 0 saturated carbocycles. The zero-order valence-electron chi connectivity index (χ0n) is 12.1. The average Bonchev–Trinajstić information content (AvgIpc) is 2.76. The second-order valence-electron chi connectivity index (χ2n) is 5.09. The number of aromatic nitrogens is 2. The largest absolute Gasteiger partial charge is 0.395 e. The van der Waals surface area contributed by atoms with E-state index in [0.717, 1.165) is 0 Å². The first-order valence-corrected chi connectivity index (χ1v) is 6.64. The van der Waals surface area contributed by atoms with Gasteiger partial charge < -0.3 is 10.4 Å². The van der Waals surface area contributed by atoms with Crippen LogP contribution in [0.5, 0.6) is 0 Å². The van der Waals surface area contributed by atoms with Gasteiger partial charge in [0.2, 0.25) is 5.91 Å². The molecule has 0 atom stereocenters. The molecule has 1 aromatic heterocycles. The topological polar surface area (TPSA) is 70.4 Å². The van der Waals surface area contributed by atoms with Crippen molar-refractivity contribution >= 4 is 11.7 Å². The number of nitrogens with one attached hydrogen (secondary N) is 1. The second kappa shape index (κ2) is 7.25. The first-order chi connectivity index (χ1) is 8.95. The molecule has 0 aromatic carbocycles. The van der Waals surface area contributed by atoms with Gasteiger partial charge in [-0.25, -0.2) is 4.68 Å². The van der Waals surface area contributed by atoms with Crippen LogP contribution in [0, 0.1) is 0 Å². The molecule has 108 valence electrons. The van der Waals surface area contributed by atoms with Gasteiger partial charge in [0.05, 0.1) is 19.3 Å². The molecule has 0 radical (unpaired) electrons. The van der Waals surface area contributed by atoms with Crippen LogP contribution in [0.3, 0.4) is 0 Å². The van der Waals surface area contributed by atoms with Crippen molar-refractivity contribution in [3.8, 4) is 0 Å². The van der Waals surface area contributed by atoms with Gasteiger partial charge in [0.25, 0.3) is 0 Å². The fourth-order valence-electron chi connectivity index (χ4n) is 1.84. The number of hydrogen-bond acceptors (Lipinski definition) is 4. The lowest BCUT2D eigenvalue weighted by atomic mass is 10.3. The van der Waals surface area contributed by atoms with Crippen LogP contribution in [0.2, 0.25) is 0 Å². The molecule has 1 rings (SSSR count). The van der Waals surface area contributed by atoms with Crippen LogP contribution in [0.1, 0.15) is 33.7 Å². The summed E-state index contributed by atoms with van der Waals surface area (Å²) in [5.74, 6) is 0.609. The van der Waals surface area contributed by atoms with E-state index in [9.17, 15) is 4.79 Å². The summed E-state index contributed by atoms with van der Waals surface area (Å²) in [6.07, 6.45) is 1.67. The van der Waals surface area contributed by atoms with E-state index in [1.54, 1.807) is 16.9 Å². The van der Waals surface area contributed by atoms with Gasteiger partial charge in [-0.1, -0.05) is 0 Å². The van der Waals surface area contributed by atoms with Crippen molar-refractivity contribution in [3.63, 3.8) is 0 Å². The van der Waals surface area contributed by atoms with Gasteiger partial charge in [-0.15, -0.1) is 0 Å². The Morgan fingerprint density at radius 3 is 2.68 bits per heavy atom. The van der Waals surface area contributed by atoms with Crippen molar-refractivity contribution in [2.75, 3.05) is 25.0 Å². The Morgan fingerprint density at radius 2 is 2.16 bits per heavy atom. The Kier molecular flexibility index (Phi) is 5.98. The summed E-state index contributed by atoms with van der Waals surface area (Å²) < 4.78 is 1.77. The molecule has 6 nitrogen and oxygen atoms in total. The number of carbonyl (C=O) groups excluding carboxylic acids is 1. The number of anilines is 1. The highest BCUT2D eigenvalue weighted by atomic mass is 16.3. The smallest absolute Gasteiger partial charge is 0.239 e. The molecule has 0 aliphatic heterocycles. The monoisotopic (exact) mass is 268 g/mol. The predicted molar refractivity (Wildman–Crippen MR) is 75.0 cm³/mol. The second-order valence-corrected chi connectivity index (χ2v) is 5.09. The van der Waals surface area contributed by atoms with Crippen molar-refractivity contribution < 1.29 is 9.90 Å². The zero-order valence-corrected chi connectivity index (χ0v) is 12.1. The Morgan fingerprint density at radius 1 is 1.47 bits per heavy atom. The summed E-state index contributed by atoms with van der Waals surface area (Å²) in [4.78, 5) is 13.9. The van der Waals surface area contributed by atoms with E-state index in [4.69, 9.17) is 5.11 Å². The molecular weight excluding hydrogens is 244 g/mol. The maximum atomic E-state index is 12.0. The van der Waals surface area contributed by atoms with Gasteiger partial charge in [0.1, 0.15) is 5.82 Å². The third kappa shape index (κ3) is 4.65.